The van der Waals surface area contributed by atoms with Gasteiger partial charge in [-0.05, 0) is 81.6 Å². The molecule has 1 aromatic carbocycles. The number of hydrogen-bond donors (Lipinski definition) is 1. The second kappa shape index (κ2) is 6.85. The molecule has 0 bridgehead atoms. The number of nitrogens with zero attached hydrogens (tertiary/aromatic N) is 1. The molecule has 0 aliphatic carbocycles. The summed E-state index contributed by atoms with van der Waals surface area (Å²) in [6.45, 7) is 5.17. The maximum Gasteiger partial charge on any atom is 0.256 e. The van der Waals surface area contributed by atoms with Crippen molar-refractivity contribution in [3.63, 3.8) is 0 Å². The average Bonchev–Trinajstić information content (AvgIpc) is 3.22. The molecular formula is C20H28N2O2. The van der Waals surface area contributed by atoms with Crippen molar-refractivity contribution in [3.8, 4) is 0 Å². The molecule has 3 unspecified atom stereocenters. The second-order valence-electron chi connectivity index (χ2n) is 7.64. The molecule has 4 nitrogen and oxygen atoms in total. The van der Waals surface area contributed by atoms with Crippen molar-refractivity contribution in [1.29, 1.82) is 0 Å². The van der Waals surface area contributed by atoms with Crippen LogP contribution in [0.1, 0.15) is 43.7 Å². The largest absolute Gasteiger partial charge is 0.368 e. The first-order valence-corrected chi connectivity index (χ1v) is 9.49. The van der Waals surface area contributed by atoms with Crippen molar-refractivity contribution in [1.82, 2.24) is 5.32 Å². The minimum atomic E-state index is -0.230. The quantitative estimate of drug-likeness (QED) is 0.927. The van der Waals surface area contributed by atoms with Gasteiger partial charge in [0, 0.05) is 18.3 Å². The number of hydrogen-bond acceptors (Lipinski definition) is 3. The topological polar surface area (TPSA) is 41.6 Å². The van der Waals surface area contributed by atoms with E-state index in [0.29, 0.717) is 0 Å². The first kappa shape index (κ1) is 16.1. The predicted octanol–water partition coefficient (Wildman–Crippen LogP) is 2.69. The van der Waals surface area contributed by atoms with Crippen LogP contribution in [-0.4, -0.2) is 37.7 Å². The van der Waals surface area contributed by atoms with Gasteiger partial charge in [0.1, 0.15) is 6.10 Å². The SMILES string of the molecule is CC1Cc2cc(CC3CCCNC3)ccc2N1C(=O)C1CCCO1. The number of nitrogens with one attached hydrogen (secondary N) is 1. The minimum Gasteiger partial charge on any atom is -0.368 e. The van der Waals surface area contributed by atoms with E-state index < -0.39 is 0 Å². The van der Waals surface area contributed by atoms with Crippen molar-refractivity contribution < 1.29 is 9.53 Å². The van der Waals surface area contributed by atoms with Gasteiger partial charge in [-0.1, -0.05) is 12.1 Å². The first-order chi connectivity index (χ1) is 11.7. The van der Waals surface area contributed by atoms with Crippen LogP contribution < -0.4 is 10.2 Å². The summed E-state index contributed by atoms with van der Waals surface area (Å²) in [5.41, 5.74) is 3.85. The highest BCUT2D eigenvalue weighted by molar-refractivity contribution is 5.99. The normalized spacial score (nSPS) is 29.7. The van der Waals surface area contributed by atoms with Crippen LogP contribution in [0.15, 0.2) is 18.2 Å². The van der Waals surface area contributed by atoms with Crippen LogP contribution in [0.5, 0.6) is 0 Å². The van der Waals surface area contributed by atoms with E-state index in [0.717, 1.165) is 50.4 Å². The van der Waals surface area contributed by atoms with Gasteiger partial charge in [0.2, 0.25) is 0 Å². The molecule has 3 atom stereocenters. The Hall–Kier alpha value is -1.39. The summed E-state index contributed by atoms with van der Waals surface area (Å²) in [6, 6.07) is 6.96. The Morgan fingerprint density at radius 1 is 1.33 bits per heavy atom. The summed E-state index contributed by atoms with van der Waals surface area (Å²) in [4.78, 5) is 14.8. The van der Waals surface area contributed by atoms with Crippen LogP contribution in [0, 0.1) is 5.92 Å². The lowest BCUT2D eigenvalue weighted by Crippen LogP contribution is -2.42. The third kappa shape index (κ3) is 3.09. The van der Waals surface area contributed by atoms with Crippen molar-refractivity contribution in [2.45, 2.75) is 57.6 Å². The number of rotatable bonds is 3. The summed E-state index contributed by atoms with van der Waals surface area (Å²) < 4.78 is 5.62. The van der Waals surface area contributed by atoms with E-state index in [2.05, 4.69) is 30.4 Å². The molecule has 4 rings (SSSR count). The van der Waals surface area contributed by atoms with Gasteiger partial charge in [-0.3, -0.25) is 4.79 Å². The van der Waals surface area contributed by atoms with Crippen LogP contribution in [0.2, 0.25) is 0 Å². The van der Waals surface area contributed by atoms with Gasteiger partial charge in [0.25, 0.3) is 5.91 Å². The molecule has 1 N–H and O–H groups in total. The van der Waals surface area contributed by atoms with Crippen molar-refractivity contribution in [3.05, 3.63) is 29.3 Å². The average molecular weight is 328 g/mol. The minimum absolute atomic E-state index is 0.156. The molecule has 2 saturated heterocycles. The molecule has 3 aliphatic rings. The van der Waals surface area contributed by atoms with E-state index >= 15 is 0 Å². The Morgan fingerprint density at radius 3 is 3.00 bits per heavy atom. The number of ether oxygens (including phenoxy) is 1. The van der Waals surface area contributed by atoms with Gasteiger partial charge in [-0.15, -0.1) is 0 Å². The Kier molecular flexibility index (Phi) is 4.59. The number of carbonyl (C=O) groups is 1. The molecule has 0 spiro atoms. The van der Waals surface area contributed by atoms with Gasteiger partial charge in [-0.2, -0.15) is 0 Å². The third-order valence-electron chi connectivity index (χ3n) is 5.73. The number of benzene rings is 1. The fourth-order valence-electron chi connectivity index (χ4n) is 4.51. The molecule has 2 fully saturated rings. The first-order valence-electron chi connectivity index (χ1n) is 9.49. The lowest BCUT2D eigenvalue weighted by atomic mass is 9.91. The van der Waals surface area contributed by atoms with Gasteiger partial charge in [-0.25, -0.2) is 0 Å². The monoisotopic (exact) mass is 328 g/mol. The van der Waals surface area contributed by atoms with Gasteiger partial charge >= 0.3 is 0 Å². The lowest BCUT2D eigenvalue weighted by molar-refractivity contribution is -0.127. The number of amides is 1. The van der Waals surface area contributed by atoms with Gasteiger partial charge in [0.05, 0.1) is 0 Å². The van der Waals surface area contributed by atoms with Crippen LogP contribution in [0.3, 0.4) is 0 Å². The van der Waals surface area contributed by atoms with Gasteiger partial charge < -0.3 is 15.0 Å². The number of fused-ring (bicyclic) bond motifs is 1. The highest BCUT2D eigenvalue weighted by Crippen LogP contribution is 2.35. The molecule has 0 radical (unpaired) electrons. The summed E-state index contributed by atoms with van der Waals surface area (Å²) >= 11 is 0. The molecule has 0 saturated carbocycles. The molecular weight excluding hydrogens is 300 g/mol. The molecule has 4 heteroatoms. The second-order valence-corrected chi connectivity index (χ2v) is 7.64. The van der Waals surface area contributed by atoms with E-state index in [1.807, 2.05) is 4.90 Å². The highest BCUT2D eigenvalue weighted by Gasteiger charge is 2.36. The molecule has 3 heterocycles. The maximum absolute atomic E-state index is 12.8. The molecule has 24 heavy (non-hydrogen) atoms. The zero-order valence-corrected chi connectivity index (χ0v) is 14.6. The zero-order valence-electron chi connectivity index (χ0n) is 14.6. The molecule has 0 aromatic heterocycles. The number of piperidine rings is 1. The molecule has 1 aromatic rings. The Bertz CT molecular complexity index is 604. The standard InChI is InChI=1S/C20H28N2O2/c1-14-10-17-12-15(11-16-4-2-8-21-13-16)6-7-18(17)22(14)20(23)19-5-3-9-24-19/h6-7,12,14,16,19,21H,2-5,8-11,13H2,1H3. The van der Waals surface area contributed by atoms with Crippen LogP contribution in [-0.2, 0) is 22.4 Å². The summed E-state index contributed by atoms with van der Waals surface area (Å²) in [7, 11) is 0. The Balaban J connectivity index is 1.50. The molecule has 130 valence electrons. The highest BCUT2D eigenvalue weighted by atomic mass is 16.5. The van der Waals surface area contributed by atoms with E-state index in [-0.39, 0.29) is 18.1 Å². The van der Waals surface area contributed by atoms with Crippen LogP contribution in [0.4, 0.5) is 5.69 Å². The summed E-state index contributed by atoms with van der Waals surface area (Å²) in [6.07, 6.45) is 6.36. The maximum atomic E-state index is 12.8. The number of anilines is 1. The fraction of sp³-hybridized carbons (Fsp3) is 0.650. The van der Waals surface area contributed by atoms with Crippen LogP contribution in [0.25, 0.3) is 0 Å². The number of carbonyl (C=O) groups excluding carboxylic acids is 1. The molecule has 1 amide bonds. The molecule has 3 aliphatic heterocycles. The summed E-state index contributed by atoms with van der Waals surface area (Å²) in [5, 5.41) is 3.50. The van der Waals surface area contributed by atoms with E-state index in [1.54, 1.807) is 0 Å². The van der Waals surface area contributed by atoms with Crippen molar-refractivity contribution >= 4 is 11.6 Å². The van der Waals surface area contributed by atoms with Crippen molar-refractivity contribution in [2.24, 2.45) is 5.92 Å². The summed E-state index contributed by atoms with van der Waals surface area (Å²) in [5.74, 6) is 0.906. The fourth-order valence-corrected chi connectivity index (χ4v) is 4.51. The van der Waals surface area contributed by atoms with E-state index in [4.69, 9.17) is 4.74 Å². The smallest absolute Gasteiger partial charge is 0.256 e. The zero-order chi connectivity index (χ0) is 16.5. The van der Waals surface area contributed by atoms with E-state index in [9.17, 15) is 4.79 Å². The lowest BCUT2D eigenvalue weighted by Gasteiger charge is -2.26. The van der Waals surface area contributed by atoms with Crippen molar-refractivity contribution in [2.75, 3.05) is 24.6 Å². The van der Waals surface area contributed by atoms with E-state index in [1.165, 1.54) is 30.5 Å². The van der Waals surface area contributed by atoms with Gasteiger partial charge in [0.15, 0.2) is 0 Å². The third-order valence-corrected chi connectivity index (χ3v) is 5.73. The Morgan fingerprint density at radius 2 is 2.25 bits per heavy atom. The van der Waals surface area contributed by atoms with Crippen LogP contribution >= 0.6 is 0 Å². The predicted molar refractivity (Wildman–Crippen MR) is 95.4 cm³/mol. The Labute approximate surface area is 144 Å².